The van der Waals surface area contributed by atoms with Crippen molar-refractivity contribution in [3.8, 4) is 0 Å². The smallest absolute Gasteiger partial charge is 0.306 e. The third-order valence-electron chi connectivity index (χ3n) is 7.61. The summed E-state index contributed by atoms with van der Waals surface area (Å²) in [6.07, 6.45) is 7.98. The predicted molar refractivity (Wildman–Crippen MR) is 118 cm³/mol. The second-order valence-corrected chi connectivity index (χ2v) is 10.6. The Bertz CT molecular complexity index is 650. The van der Waals surface area contributed by atoms with E-state index in [1.54, 1.807) is 11.1 Å². The summed E-state index contributed by atoms with van der Waals surface area (Å²) in [5.41, 5.74) is 3.90. The zero-order valence-electron chi connectivity index (χ0n) is 19.9. The molecule has 2 aliphatic carbocycles. The van der Waals surface area contributed by atoms with Gasteiger partial charge in [0.05, 0.1) is 6.61 Å². The second-order valence-electron chi connectivity index (χ2n) is 10.6. The molecule has 1 fully saturated rings. The van der Waals surface area contributed by atoms with Gasteiger partial charge < -0.3 is 14.6 Å². The highest BCUT2D eigenvalue weighted by molar-refractivity contribution is 5.69. The fourth-order valence-electron chi connectivity index (χ4n) is 6.07. The summed E-state index contributed by atoms with van der Waals surface area (Å²) in [5, 5.41) is 9.21. The third kappa shape index (κ3) is 6.09. The zero-order chi connectivity index (χ0) is 22.5. The Hall–Kier alpha value is -1.36. The minimum Gasteiger partial charge on any atom is -0.462 e. The van der Waals surface area contributed by atoms with E-state index in [0.29, 0.717) is 17.3 Å². The van der Waals surface area contributed by atoms with Crippen LogP contribution in [0.2, 0.25) is 0 Å². The summed E-state index contributed by atoms with van der Waals surface area (Å²) < 4.78 is 10.1. The molecular weight excluding hydrogens is 380 g/mol. The Morgan fingerprint density at radius 3 is 2.57 bits per heavy atom. The number of aliphatic hydroxyl groups excluding tert-OH is 1. The van der Waals surface area contributed by atoms with Gasteiger partial charge in [-0.1, -0.05) is 45.3 Å². The molecule has 2 aliphatic rings. The summed E-state index contributed by atoms with van der Waals surface area (Å²) in [5.74, 6) is 0.173. The molecule has 2 rings (SSSR count). The molecule has 0 saturated heterocycles. The zero-order valence-corrected chi connectivity index (χ0v) is 19.9. The summed E-state index contributed by atoms with van der Waals surface area (Å²) >= 11 is 0. The number of hydrogen-bond donors (Lipinski definition) is 1. The topological polar surface area (TPSA) is 72.8 Å². The number of rotatable bonds is 9. The van der Waals surface area contributed by atoms with E-state index in [1.165, 1.54) is 39.0 Å². The molecule has 0 radical (unpaired) electrons. The summed E-state index contributed by atoms with van der Waals surface area (Å²) in [6.45, 7) is 12.6. The minimum atomic E-state index is -0.789. The first-order chi connectivity index (χ1) is 14.0. The molecule has 5 heteroatoms. The van der Waals surface area contributed by atoms with E-state index in [1.807, 2.05) is 0 Å². The van der Waals surface area contributed by atoms with E-state index in [0.717, 1.165) is 18.8 Å². The number of hydrogen-bond acceptors (Lipinski definition) is 5. The molecular formula is C25H42O5. The molecule has 0 aromatic heterocycles. The van der Waals surface area contributed by atoms with Gasteiger partial charge in [-0.05, 0) is 68.1 Å². The van der Waals surface area contributed by atoms with Crippen LogP contribution in [-0.4, -0.2) is 36.4 Å². The van der Waals surface area contributed by atoms with Crippen LogP contribution in [-0.2, 0) is 19.1 Å². The van der Waals surface area contributed by atoms with Crippen molar-refractivity contribution in [1.29, 1.82) is 0 Å². The number of ether oxygens (including phenoxy) is 2. The number of fused-ring (bicyclic) bond motifs is 1. The molecule has 1 saturated carbocycles. The van der Waals surface area contributed by atoms with Crippen molar-refractivity contribution in [3.63, 3.8) is 0 Å². The van der Waals surface area contributed by atoms with Gasteiger partial charge in [-0.2, -0.15) is 0 Å². The SMILES string of the molecule is CC(=O)O[C@H](CO)COC(=O)C[C@H](C)CCC1=C(C)CC[C@@H]2C(C)(C)CCC[C@@]12C. The number of allylic oxidation sites excluding steroid dienone is 2. The van der Waals surface area contributed by atoms with Gasteiger partial charge in [-0.15, -0.1) is 0 Å². The van der Waals surface area contributed by atoms with Gasteiger partial charge in [-0.25, -0.2) is 0 Å². The van der Waals surface area contributed by atoms with Crippen molar-refractivity contribution in [2.24, 2.45) is 22.7 Å². The van der Waals surface area contributed by atoms with Crippen LogP contribution in [0.5, 0.6) is 0 Å². The van der Waals surface area contributed by atoms with E-state index < -0.39 is 12.1 Å². The Morgan fingerprint density at radius 1 is 1.23 bits per heavy atom. The molecule has 30 heavy (non-hydrogen) atoms. The van der Waals surface area contributed by atoms with Gasteiger partial charge in [0, 0.05) is 13.3 Å². The predicted octanol–water partition coefficient (Wildman–Crippen LogP) is 5.20. The first-order valence-electron chi connectivity index (χ1n) is 11.6. The number of carbonyl (C=O) groups is 2. The lowest BCUT2D eigenvalue weighted by atomic mass is 9.50. The van der Waals surface area contributed by atoms with Crippen LogP contribution in [0.4, 0.5) is 0 Å². The van der Waals surface area contributed by atoms with Crippen molar-refractivity contribution in [2.75, 3.05) is 13.2 Å². The van der Waals surface area contributed by atoms with Crippen molar-refractivity contribution >= 4 is 11.9 Å². The van der Waals surface area contributed by atoms with E-state index >= 15 is 0 Å². The van der Waals surface area contributed by atoms with E-state index in [9.17, 15) is 14.7 Å². The molecule has 1 N–H and O–H groups in total. The molecule has 0 heterocycles. The molecule has 5 nitrogen and oxygen atoms in total. The number of aliphatic hydroxyl groups is 1. The highest BCUT2D eigenvalue weighted by Gasteiger charge is 2.49. The third-order valence-corrected chi connectivity index (χ3v) is 7.61. The van der Waals surface area contributed by atoms with Crippen LogP contribution in [0, 0.1) is 22.7 Å². The molecule has 4 atom stereocenters. The van der Waals surface area contributed by atoms with Crippen molar-refractivity contribution < 1.29 is 24.2 Å². The van der Waals surface area contributed by atoms with Crippen LogP contribution in [0.1, 0.15) is 92.9 Å². The Kier molecular flexibility index (Phi) is 8.55. The second kappa shape index (κ2) is 10.3. The Balaban J connectivity index is 1.89. The first-order valence-corrected chi connectivity index (χ1v) is 11.6. The molecule has 0 aromatic carbocycles. The van der Waals surface area contributed by atoms with Crippen LogP contribution in [0.25, 0.3) is 0 Å². The summed E-state index contributed by atoms with van der Waals surface area (Å²) in [7, 11) is 0. The maximum absolute atomic E-state index is 12.2. The monoisotopic (exact) mass is 422 g/mol. The van der Waals surface area contributed by atoms with Crippen LogP contribution in [0.3, 0.4) is 0 Å². The Labute approximate surface area is 182 Å². The van der Waals surface area contributed by atoms with Gasteiger partial charge in [-0.3, -0.25) is 9.59 Å². The first kappa shape index (κ1) is 24.9. The Morgan fingerprint density at radius 2 is 1.93 bits per heavy atom. The maximum Gasteiger partial charge on any atom is 0.306 e. The number of esters is 2. The van der Waals surface area contributed by atoms with Gasteiger partial charge in [0.2, 0.25) is 0 Å². The fraction of sp³-hybridized carbons (Fsp3) is 0.840. The normalized spacial score (nSPS) is 27.8. The van der Waals surface area contributed by atoms with Crippen LogP contribution in [0.15, 0.2) is 11.1 Å². The highest BCUT2D eigenvalue weighted by Crippen LogP contribution is 2.60. The summed E-state index contributed by atoms with van der Waals surface area (Å²) in [4.78, 5) is 23.2. The molecule has 0 bridgehead atoms. The maximum atomic E-state index is 12.2. The lowest BCUT2D eigenvalue weighted by Crippen LogP contribution is -2.45. The molecule has 0 spiro atoms. The van der Waals surface area contributed by atoms with Crippen LogP contribution < -0.4 is 0 Å². The molecule has 0 aliphatic heterocycles. The number of carbonyl (C=O) groups excluding carboxylic acids is 2. The molecule has 0 aromatic rings. The fourth-order valence-corrected chi connectivity index (χ4v) is 6.07. The average Bonchev–Trinajstić information content (AvgIpc) is 2.63. The minimum absolute atomic E-state index is 0.0965. The highest BCUT2D eigenvalue weighted by atomic mass is 16.6. The standard InChI is InChI=1S/C25H42O5/c1-17(14-23(28)29-16-20(15-26)30-19(3)27)8-10-21-18(2)9-11-22-24(4,5)12-7-13-25(21,22)6/h17,20,22,26H,7-16H2,1-6H3/t17-,20-,22-,25+/m1/s1. The van der Waals surface area contributed by atoms with Crippen molar-refractivity contribution in [3.05, 3.63) is 11.1 Å². The molecule has 172 valence electrons. The van der Waals surface area contributed by atoms with E-state index in [4.69, 9.17) is 9.47 Å². The van der Waals surface area contributed by atoms with E-state index in [2.05, 4.69) is 34.6 Å². The average molecular weight is 423 g/mol. The quantitative estimate of drug-likeness (QED) is 0.408. The van der Waals surface area contributed by atoms with Gasteiger partial charge in [0.1, 0.15) is 6.61 Å². The van der Waals surface area contributed by atoms with Gasteiger partial charge >= 0.3 is 11.9 Å². The molecule has 0 amide bonds. The van der Waals surface area contributed by atoms with Crippen molar-refractivity contribution in [1.82, 2.24) is 0 Å². The van der Waals surface area contributed by atoms with Gasteiger partial charge in [0.25, 0.3) is 0 Å². The van der Waals surface area contributed by atoms with Crippen molar-refractivity contribution in [2.45, 2.75) is 99.0 Å². The lowest BCUT2D eigenvalue weighted by Gasteiger charge is -2.55. The van der Waals surface area contributed by atoms with Gasteiger partial charge in [0.15, 0.2) is 6.10 Å². The lowest BCUT2D eigenvalue weighted by molar-refractivity contribution is -0.160. The summed E-state index contributed by atoms with van der Waals surface area (Å²) in [6, 6.07) is 0. The van der Waals surface area contributed by atoms with Crippen LogP contribution >= 0.6 is 0 Å². The largest absolute Gasteiger partial charge is 0.462 e. The van der Waals surface area contributed by atoms with E-state index in [-0.39, 0.29) is 25.1 Å². The molecule has 0 unspecified atom stereocenters.